The topological polar surface area (TPSA) is 0 Å². The first-order valence-corrected chi connectivity index (χ1v) is 11.7. The molecule has 0 aromatic carbocycles. The maximum absolute atomic E-state index is 2.67. The summed E-state index contributed by atoms with van der Waals surface area (Å²) in [4.78, 5) is 0. The predicted molar refractivity (Wildman–Crippen MR) is 111 cm³/mol. The summed E-state index contributed by atoms with van der Waals surface area (Å²) in [5, 5.41) is 0. The Morgan fingerprint density at radius 1 is 0.962 bits per heavy atom. The second-order valence-electron chi connectivity index (χ2n) is 10.6. The van der Waals surface area contributed by atoms with Gasteiger partial charge in [0.15, 0.2) is 0 Å². The van der Waals surface area contributed by atoms with Gasteiger partial charge in [-0.05, 0) is 111 Å². The summed E-state index contributed by atoms with van der Waals surface area (Å²) in [6, 6.07) is 0. The second kappa shape index (κ2) is 6.68. The molecule has 0 nitrogen and oxygen atoms in total. The maximum Gasteiger partial charge on any atom is -0.0131 e. The zero-order valence-corrected chi connectivity index (χ0v) is 17.2. The number of hydrogen-bond donors (Lipinski definition) is 0. The Balaban J connectivity index is 1.30. The van der Waals surface area contributed by atoms with Gasteiger partial charge in [0.1, 0.15) is 0 Å². The standard InChI is InChI=1S/C26H38/c1-4-5-20-14-23(16(2)3)22-9-8-19(13-25(22)26-15-24(20)26)21-11-18(12-21)10-17-6-7-17/h5,10,14,16,18-19,21-22,24-26H,4,6-9,11-13,15H2,1-3H3. The zero-order valence-electron chi connectivity index (χ0n) is 17.2. The lowest BCUT2D eigenvalue weighted by molar-refractivity contribution is 0.0720. The van der Waals surface area contributed by atoms with E-state index in [4.69, 9.17) is 0 Å². The van der Waals surface area contributed by atoms with Gasteiger partial charge >= 0.3 is 0 Å². The second-order valence-corrected chi connectivity index (χ2v) is 10.6. The fourth-order valence-corrected chi connectivity index (χ4v) is 6.87. The first-order chi connectivity index (χ1) is 12.6. The minimum atomic E-state index is 0.732. The van der Waals surface area contributed by atoms with E-state index in [9.17, 15) is 0 Å². The van der Waals surface area contributed by atoms with Gasteiger partial charge in [0.05, 0.1) is 0 Å². The Morgan fingerprint density at radius 2 is 1.73 bits per heavy atom. The van der Waals surface area contributed by atoms with Crippen LogP contribution in [0, 0.1) is 47.3 Å². The van der Waals surface area contributed by atoms with Crippen molar-refractivity contribution in [2.45, 2.75) is 78.6 Å². The van der Waals surface area contributed by atoms with Crippen LogP contribution in [0.1, 0.15) is 78.6 Å². The van der Waals surface area contributed by atoms with Crippen molar-refractivity contribution in [1.82, 2.24) is 0 Å². The molecule has 5 aliphatic rings. The van der Waals surface area contributed by atoms with Crippen molar-refractivity contribution in [2.24, 2.45) is 47.3 Å². The summed E-state index contributed by atoms with van der Waals surface area (Å²) >= 11 is 0. The van der Waals surface area contributed by atoms with Crippen molar-refractivity contribution in [1.29, 1.82) is 0 Å². The van der Waals surface area contributed by atoms with Crippen LogP contribution in [-0.2, 0) is 0 Å². The monoisotopic (exact) mass is 350 g/mol. The molecule has 0 spiro atoms. The number of rotatable bonds is 4. The highest BCUT2D eigenvalue weighted by Crippen LogP contribution is 2.61. The Morgan fingerprint density at radius 3 is 2.42 bits per heavy atom. The summed E-state index contributed by atoms with van der Waals surface area (Å²) in [6.45, 7) is 7.19. The van der Waals surface area contributed by atoms with E-state index >= 15 is 0 Å². The molecule has 5 unspecified atom stereocenters. The minimum absolute atomic E-state index is 0.732. The molecule has 26 heavy (non-hydrogen) atoms. The first kappa shape index (κ1) is 17.3. The molecule has 142 valence electrons. The van der Waals surface area contributed by atoms with Crippen molar-refractivity contribution >= 4 is 0 Å². The third-order valence-corrected chi connectivity index (χ3v) is 8.51. The van der Waals surface area contributed by atoms with Crippen LogP contribution in [-0.4, -0.2) is 0 Å². The van der Waals surface area contributed by atoms with Crippen molar-refractivity contribution in [3.05, 3.63) is 34.9 Å². The fraction of sp³-hybridized carbons (Fsp3) is 0.769. The summed E-state index contributed by atoms with van der Waals surface area (Å²) in [6.07, 6.45) is 21.0. The van der Waals surface area contributed by atoms with Gasteiger partial charge in [-0.15, -0.1) is 0 Å². The van der Waals surface area contributed by atoms with Gasteiger partial charge in [0.2, 0.25) is 0 Å². The molecule has 0 aromatic heterocycles. The molecule has 0 amide bonds. The third kappa shape index (κ3) is 3.16. The quantitative estimate of drug-likeness (QED) is 0.465. The van der Waals surface area contributed by atoms with Crippen LogP contribution in [0.5, 0.6) is 0 Å². The molecule has 0 saturated heterocycles. The molecule has 0 N–H and O–H groups in total. The van der Waals surface area contributed by atoms with Gasteiger partial charge < -0.3 is 0 Å². The van der Waals surface area contributed by atoms with E-state index in [-0.39, 0.29) is 0 Å². The normalized spacial score (nSPS) is 45.4. The molecule has 0 heterocycles. The van der Waals surface area contributed by atoms with Crippen LogP contribution in [0.25, 0.3) is 0 Å². The molecule has 4 saturated carbocycles. The van der Waals surface area contributed by atoms with E-state index in [0.717, 1.165) is 47.3 Å². The molecule has 0 aromatic rings. The van der Waals surface area contributed by atoms with Gasteiger partial charge in [0.25, 0.3) is 0 Å². The zero-order chi connectivity index (χ0) is 17.8. The average Bonchev–Trinajstić information content (AvgIpc) is 3.46. The van der Waals surface area contributed by atoms with Crippen LogP contribution in [0.4, 0.5) is 0 Å². The molecule has 0 bridgehead atoms. The van der Waals surface area contributed by atoms with Crippen LogP contribution in [0.2, 0.25) is 0 Å². The summed E-state index contributed by atoms with van der Waals surface area (Å²) in [7, 11) is 0. The van der Waals surface area contributed by atoms with Gasteiger partial charge in [-0.25, -0.2) is 0 Å². The van der Waals surface area contributed by atoms with Gasteiger partial charge in [-0.2, -0.15) is 0 Å². The molecule has 4 fully saturated rings. The minimum Gasteiger partial charge on any atom is -0.0822 e. The highest BCUT2D eigenvalue weighted by Gasteiger charge is 2.52. The lowest BCUT2D eigenvalue weighted by atomic mass is 9.59. The lowest BCUT2D eigenvalue weighted by Gasteiger charge is -2.46. The van der Waals surface area contributed by atoms with Crippen LogP contribution in [0.15, 0.2) is 34.9 Å². The first-order valence-electron chi connectivity index (χ1n) is 11.7. The van der Waals surface area contributed by atoms with Crippen LogP contribution < -0.4 is 0 Å². The number of allylic oxidation sites excluding steroid dienone is 6. The molecule has 5 atom stereocenters. The van der Waals surface area contributed by atoms with Gasteiger partial charge in [-0.3, -0.25) is 0 Å². The number of hydrogen-bond acceptors (Lipinski definition) is 0. The van der Waals surface area contributed by atoms with E-state index in [1.807, 2.05) is 5.57 Å². The van der Waals surface area contributed by atoms with Gasteiger partial charge in [-0.1, -0.05) is 50.1 Å². The van der Waals surface area contributed by atoms with Crippen LogP contribution in [0.3, 0.4) is 0 Å². The molecule has 0 heteroatoms. The van der Waals surface area contributed by atoms with E-state index in [1.54, 1.807) is 17.6 Å². The molecule has 5 rings (SSSR count). The highest BCUT2D eigenvalue weighted by molar-refractivity contribution is 5.36. The Hall–Kier alpha value is -0.780. The summed E-state index contributed by atoms with van der Waals surface area (Å²) in [5.74, 6) is 7.68. The Labute approximate surface area is 161 Å². The third-order valence-electron chi connectivity index (χ3n) is 8.51. The maximum atomic E-state index is 2.67. The molecule has 0 aliphatic heterocycles. The van der Waals surface area contributed by atoms with Gasteiger partial charge in [0, 0.05) is 0 Å². The Kier molecular flexibility index (Phi) is 4.45. The van der Waals surface area contributed by atoms with Crippen LogP contribution >= 0.6 is 0 Å². The molecular weight excluding hydrogens is 312 g/mol. The lowest BCUT2D eigenvalue weighted by Crippen LogP contribution is -2.36. The van der Waals surface area contributed by atoms with Crippen molar-refractivity contribution in [2.75, 3.05) is 0 Å². The smallest absolute Gasteiger partial charge is 0.0131 e. The van der Waals surface area contributed by atoms with Crippen molar-refractivity contribution in [3.8, 4) is 0 Å². The van der Waals surface area contributed by atoms with E-state index in [0.29, 0.717) is 0 Å². The van der Waals surface area contributed by atoms with E-state index in [1.165, 1.54) is 51.4 Å². The summed E-state index contributed by atoms with van der Waals surface area (Å²) < 4.78 is 0. The molecule has 5 aliphatic carbocycles. The molecular formula is C26H38. The fourth-order valence-electron chi connectivity index (χ4n) is 6.87. The Bertz CT molecular complexity index is 633. The van der Waals surface area contributed by atoms with E-state index in [2.05, 4.69) is 39.0 Å². The van der Waals surface area contributed by atoms with Crippen molar-refractivity contribution in [3.63, 3.8) is 0 Å². The largest absolute Gasteiger partial charge is 0.0822 e. The molecule has 0 radical (unpaired) electrons. The van der Waals surface area contributed by atoms with Crippen molar-refractivity contribution < 1.29 is 0 Å². The summed E-state index contributed by atoms with van der Waals surface area (Å²) in [5.41, 5.74) is 5.29. The average molecular weight is 351 g/mol. The number of fused-ring (bicyclic) bond motifs is 3. The SMILES string of the molecule is CCC=C1C=C(C(C)C)C2CCC(C3CC(C=C4CC4)C3)CC2C2CC12. The highest BCUT2D eigenvalue weighted by atomic mass is 14.6. The predicted octanol–water partition coefficient (Wildman–Crippen LogP) is 7.33. The van der Waals surface area contributed by atoms with E-state index < -0.39 is 0 Å².